The number of methoxy groups -OCH3 is 2. The molecule has 1 aromatic heterocycles. The minimum Gasteiger partial charge on any atom is -0.465 e. The van der Waals surface area contributed by atoms with Crippen molar-refractivity contribution in [3.05, 3.63) is 27.6 Å². The van der Waals surface area contributed by atoms with Crippen molar-refractivity contribution in [1.82, 2.24) is 4.90 Å². The van der Waals surface area contributed by atoms with Crippen LogP contribution in [0.25, 0.3) is 0 Å². The summed E-state index contributed by atoms with van der Waals surface area (Å²) in [5, 5.41) is 4.47. The van der Waals surface area contributed by atoms with Gasteiger partial charge in [-0.3, -0.25) is 9.59 Å². The van der Waals surface area contributed by atoms with E-state index in [0.29, 0.717) is 5.56 Å². The van der Waals surface area contributed by atoms with Crippen molar-refractivity contribution < 1.29 is 28.7 Å². The van der Waals surface area contributed by atoms with Crippen LogP contribution in [0.3, 0.4) is 0 Å². The van der Waals surface area contributed by atoms with Crippen LogP contribution < -0.4 is 5.32 Å². The molecule has 0 spiro atoms. The molecular formula is C15H16N2O6S2. The van der Waals surface area contributed by atoms with Crippen LogP contribution in [0.15, 0.2) is 11.6 Å². The third-order valence-corrected chi connectivity index (χ3v) is 5.25. The Morgan fingerprint density at radius 1 is 1.24 bits per heavy atom. The number of nitrogens with zero attached hydrogens (tertiary/aromatic N) is 1. The number of hydrogen-bond acceptors (Lipinski definition) is 8. The number of thiophene rings is 1. The number of esters is 2. The van der Waals surface area contributed by atoms with Crippen molar-refractivity contribution in [2.75, 3.05) is 31.8 Å². The molecule has 0 saturated carbocycles. The van der Waals surface area contributed by atoms with Gasteiger partial charge in [-0.1, -0.05) is 0 Å². The molecule has 0 aromatic carbocycles. The zero-order chi connectivity index (χ0) is 18.6. The lowest BCUT2D eigenvalue weighted by Crippen LogP contribution is -2.36. The Hall–Kier alpha value is -2.33. The standard InChI is InChI=1S/C15H16N2O6S2/c1-8-11(14(20)22-2)13(25-12(8)15(21)23-3)16-9(18)6-17-4-5-24-7-10(17)19/h4-5H,6-7H2,1-3H3,(H,16,18). The van der Waals surface area contributed by atoms with Crippen LogP contribution in [0.2, 0.25) is 0 Å². The fraction of sp³-hybridized carbons (Fsp3) is 0.333. The Labute approximate surface area is 152 Å². The van der Waals surface area contributed by atoms with Gasteiger partial charge in [-0.2, -0.15) is 0 Å². The molecule has 0 bridgehead atoms. The number of amides is 2. The molecule has 1 aromatic rings. The van der Waals surface area contributed by atoms with Crippen molar-refractivity contribution >= 4 is 51.9 Å². The van der Waals surface area contributed by atoms with Crippen molar-refractivity contribution in [1.29, 1.82) is 0 Å². The van der Waals surface area contributed by atoms with Gasteiger partial charge < -0.3 is 19.7 Å². The molecule has 0 saturated heterocycles. The van der Waals surface area contributed by atoms with Gasteiger partial charge in [-0.25, -0.2) is 9.59 Å². The summed E-state index contributed by atoms with van der Waals surface area (Å²) in [4.78, 5) is 49.3. The molecule has 134 valence electrons. The predicted octanol–water partition coefficient (Wildman–Crippen LogP) is 1.61. The van der Waals surface area contributed by atoms with Crippen LogP contribution in [-0.4, -0.2) is 55.2 Å². The summed E-state index contributed by atoms with van der Waals surface area (Å²) in [6.07, 6.45) is 1.52. The number of carbonyl (C=O) groups excluding carboxylic acids is 4. The van der Waals surface area contributed by atoms with E-state index >= 15 is 0 Å². The second-order valence-corrected chi connectivity index (χ2v) is 6.82. The highest BCUT2D eigenvalue weighted by molar-refractivity contribution is 8.02. The lowest BCUT2D eigenvalue weighted by atomic mass is 10.1. The van der Waals surface area contributed by atoms with Crippen molar-refractivity contribution in [2.45, 2.75) is 6.92 Å². The highest BCUT2D eigenvalue weighted by atomic mass is 32.2. The topological polar surface area (TPSA) is 102 Å². The number of ether oxygens (including phenoxy) is 2. The quantitative estimate of drug-likeness (QED) is 0.770. The molecule has 0 radical (unpaired) electrons. The normalized spacial score (nSPS) is 13.6. The van der Waals surface area contributed by atoms with E-state index in [-0.39, 0.29) is 33.6 Å². The van der Waals surface area contributed by atoms with E-state index < -0.39 is 17.8 Å². The summed E-state index contributed by atoms with van der Waals surface area (Å²) < 4.78 is 9.40. The van der Waals surface area contributed by atoms with E-state index in [9.17, 15) is 19.2 Å². The molecule has 10 heteroatoms. The van der Waals surface area contributed by atoms with Crippen molar-refractivity contribution in [2.24, 2.45) is 0 Å². The van der Waals surface area contributed by atoms with Gasteiger partial charge in [-0.05, 0) is 17.9 Å². The molecular weight excluding hydrogens is 368 g/mol. The van der Waals surface area contributed by atoms with Gasteiger partial charge in [0, 0.05) is 6.20 Å². The van der Waals surface area contributed by atoms with Crippen LogP contribution in [0.5, 0.6) is 0 Å². The van der Waals surface area contributed by atoms with Gasteiger partial charge in [0.2, 0.25) is 11.8 Å². The summed E-state index contributed by atoms with van der Waals surface area (Å²) in [6, 6.07) is 0. The van der Waals surface area contributed by atoms with Crippen LogP contribution in [0, 0.1) is 6.92 Å². The van der Waals surface area contributed by atoms with E-state index in [4.69, 9.17) is 4.74 Å². The van der Waals surface area contributed by atoms with Gasteiger partial charge in [0.15, 0.2) is 0 Å². The molecule has 25 heavy (non-hydrogen) atoms. The first-order valence-electron chi connectivity index (χ1n) is 7.06. The minimum absolute atomic E-state index is 0.0947. The van der Waals surface area contributed by atoms with Crippen molar-refractivity contribution in [3.8, 4) is 0 Å². The van der Waals surface area contributed by atoms with Gasteiger partial charge in [-0.15, -0.1) is 23.1 Å². The molecule has 2 amide bonds. The Morgan fingerprint density at radius 2 is 1.92 bits per heavy atom. The molecule has 1 N–H and O–H groups in total. The first kappa shape index (κ1) is 19.0. The number of carbonyl (C=O) groups is 4. The summed E-state index contributed by atoms with van der Waals surface area (Å²) in [5.74, 6) is -1.70. The number of anilines is 1. The summed E-state index contributed by atoms with van der Waals surface area (Å²) >= 11 is 2.26. The maximum absolute atomic E-state index is 12.2. The minimum atomic E-state index is -0.676. The third kappa shape index (κ3) is 4.20. The molecule has 1 aliphatic heterocycles. The van der Waals surface area contributed by atoms with Gasteiger partial charge >= 0.3 is 11.9 Å². The number of hydrogen-bond donors (Lipinski definition) is 1. The summed E-state index contributed by atoms with van der Waals surface area (Å²) in [6.45, 7) is 1.37. The first-order valence-corrected chi connectivity index (χ1v) is 8.93. The predicted molar refractivity (Wildman–Crippen MR) is 93.7 cm³/mol. The molecule has 2 heterocycles. The highest BCUT2D eigenvalue weighted by Crippen LogP contribution is 2.34. The van der Waals surface area contributed by atoms with E-state index in [1.54, 1.807) is 12.3 Å². The number of rotatable bonds is 5. The second kappa shape index (κ2) is 8.17. The Bertz CT molecular complexity index is 755. The van der Waals surface area contributed by atoms with Crippen LogP contribution in [-0.2, 0) is 19.1 Å². The Balaban J connectivity index is 2.25. The Kier molecular flexibility index (Phi) is 6.21. The van der Waals surface area contributed by atoms with Crippen molar-refractivity contribution in [3.63, 3.8) is 0 Å². The fourth-order valence-corrected chi connectivity index (χ4v) is 3.87. The lowest BCUT2D eigenvalue weighted by Gasteiger charge is -2.20. The van der Waals surface area contributed by atoms with E-state index in [1.165, 1.54) is 37.1 Å². The number of nitrogens with one attached hydrogen (secondary N) is 1. The van der Waals surface area contributed by atoms with Crippen LogP contribution in [0.4, 0.5) is 5.00 Å². The zero-order valence-corrected chi connectivity index (χ0v) is 15.4. The smallest absolute Gasteiger partial charge is 0.348 e. The molecule has 2 rings (SSSR count). The van der Waals surface area contributed by atoms with E-state index in [1.807, 2.05) is 0 Å². The fourth-order valence-electron chi connectivity index (χ4n) is 2.10. The average Bonchev–Trinajstić information content (AvgIpc) is 2.91. The molecule has 8 nitrogen and oxygen atoms in total. The summed E-state index contributed by atoms with van der Waals surface area (Å²) in [7, 11) is 2.43. The summed E-state index contributed by atoms with van der Waals surface area (Å²) in [5.41, 5.74) is 0.460. The molecule has 0 atom stereocenters. The van der Waals surface area contributed by atoms with Crippen LogP contribution >= 0.6 is 23.1 Å². The van der Waals surface area contributed by atoms with E-state index in [0.717, 1.165) is 11.3 Å². The maximum atomic E-state index is 12.2. The zero-order valence-electron chi connectivity index (χ0n) is 13.8. The molecule has 0 unspecified atom stereocenters. The highest BCUT2D eigenvalue weighted by Gasteiger charge is 2.27. The first-order chi connectivity index (χ1) is 11.9. The monoisotopic (exact) mass is 384 g/mol. The molecule has 0 aliphatic carbocycles. The molecule has 1 aliphatic rings. The SMILES string of the molecule is COC(=O)c1sc(NC(=O)CN2C=CSCC2=O)c(C(=O)OC)c1C. The van der Waals surface area contributed by atoms with Gasteiger partial charge in [0.05, 0.1) is 25.5 Å². The maximum Gasteiger partial charge on any atom is 0.348 e. The third-order valence-electron chi connectivity index (χ3n) is 3.34. The largest absolute Gasteiger partial charge is 0.465 e. The average molecular weight is 384 g/mol. The molecule has 0 fully saturated rings. The van der Waals surface area contributed by atoms with Gasteiger partial charge in [0.1, 0.15) is 16.4 Å². The lowest BCUT2D eigenvalue weighted by molar-refractivity contribution is -0.129. The number of thioether (sulfide) groups is 1. The van der Waals surface area contributed by atoms with Gasteiger partial charge in [0.25, 0.3) is 0 Å². The Morgan fingerprint density at radius 3 is 2.52 bits per heavy atom. The van der Waals surface area contributed by atoms with Crippen LogP contribution in [0.1, 0.15) is 25.6 Å². The second-order valence-electron chi connectivity index (χ2n) is 4.91. The van der Waals surface area contributed by atoms with E-state index in [2.05, 4.69) is 10.1 Å².